The minimum atomic E-state index is -3.66. The summed E-state index contributed by atoms with van der Waals surface area (Å²) in [6, 6.07) is 11.3. The molecule has 0 unspecified atom stereocenters. The van der Waals surface area contributed by atoms with E-state index in [2.05, 4.69) is 15.5 Å². The quantitative estimate of drug-likeness (QED) is 0.718. The van der Waals surface area contributed by atoms with Crippen LogP contribution in [0.5, 0.6) is 0 Å². The van der Waals surface area contributed by atoms with Crippen LogP contribution in [0.3, 0.4) is 0 Å². The Morgan fingerprint density at radius 1 is 1.22 bits per heavy atom. The average Bonchev–Trinajstić information content (AvgIpc) is 3.16. The van der Waals surface area contributed by atoms with Gasteiger partial charge in [-0.25, -0.2) is 12.7 Å². The molecule has 1 aliphatic heterocycles. The summed E-state index contributed by atoms with van der Waals surface area (Å²) in [5.74, 6) is -1.58. The monoisotopic (exact) mass is 384 g/mol. The first-order valence-corrected chi connectivity index (χ1v) is 9.87. The molecule has 0 bridgehead atoms. The van der Waals surface area contributed by atoms with E-state index in [9.17, 15) is 18.0 Å². The number of hydrogen-bond donors (Lipinski definition) is 2. The van der Waals surface area contributed by atoms with Gasteiger partial charge in [-0.1, -0.05) is 6.92 Å². The summed E-state index contributed by atoms with van der Waals surface area (Å²) in [6.07, 6.45) is 1.69. The van der Waals surface area contributed by atoms with Crippen LogP contribution in [0.15, 0.2) is 48.7 Å². The number of fused-ring (bicyclic) bond motifs is 1. The van der Waals surface area contributed by atoms with Crippen molar-refractivity contribution in [1.82, 2.24) is 10.2 Å². The summed E-state index contributed by atoms with van der Waals surface area (Å²) < 4.78 is 25.1. The maximum absolute atomic E-state index is 12.4. The Morgan fingerprint density at radius 3 is 2.63 bits per heavy atom. The third-order valence-electron chi connectivity index (χ3n) is 4.42. The van der Waals surface area contributed by atoms with E-state index in [0.29, 0.717) is 11.3 Å². The van der Waals surface area contributed by atoms with Crippen LogP contribution in [0.4, 0.5) is 11.4 Å². The standard InChI is InChI=1S/C18H16N4O4S/c1-11-10-27(25,26)22(18(11)24)15-6-3-12(4-7-15)17(23)20-14-5-2-13-9-19-21-16(13)8-14/h2-9,11H,10H2,1H3,(H,19,21)(H,20,23)/t11-/m1/s1. The predicted molar refractivity (Wildman–Crippen MR) is 101 cm³/mol. The van der Waals surface area contributed by atoms with Gasteiger partial charge in [0, 0.05) is 16.6 Å². The third kappa shape index (κ3) is 3.06. The van der Waals surface area contributed by atoms with Crippen molar-refractivity contribution in [3.8, 4) is 0 Å². The highest BCUT2D eigenvalue weighted by Gasteiger charge is 2.41. The Hall–Kier alpha value is -3.20. The molecule has 1 aliphatic rings. The Labute approximate surface area is 155 Å². The first kappa shape index (κ1) is 17.2. The maximum atomic E-state index is 12.4. The lowest BCUT2D eigenvalue weighted by molar-refractivity contribution is -0.119. The molecule has 0 radical (unpaired) electrons. The zero-order valence-electron chi connectivity index (χ0n) is 14.3. The molecule has 1 aromatic heterocycles. The van der Waals surface area contributed by atoms with Crippen LogP contribution >= 0.6 is 0 Å². The molecule has 1 fully saturated rings. The summed E-state index contributed by atoms with van der Waals surface area (Å²) in [4.78, 5) is 24.6. The lowest BCUT2D eigenvalue weighted by atomic mass is 10.1. The summed E-state index contributed by atoms with van der Waals surface area (Å²) in [6.45, 7) is 1.58. The van der Waals surface area contributed by atoms with Gasteiger partial charge in [0.05, 0.1) is 29.1 Å². The highest BCUT2D eigenvalue weighted by Crippen LogP contribution is 2.28. The van der Waals surface area contributed by atoms with E-state index in [1.54, 1.807) is 25.3 Å². The van der Waals surface area contributed by atoms with Crippen LogP contribution in [0.25, 0.3) is 10.9 Å². The summed E-state index contributed by atoms with van der Waals surface area (Å²) in [5.41, 5.74) is 1.99. The van der Waals surface area contributed by atoms with E-state index in [-0.39, 0.29) is 17.3 Å². The molecule has 2 N–H and O–H groups in total. The van der Waals surface area contributed by atoms with Crippen molar-refractivity contribution in [2.75, 3.05) is 15.4 Å². The maximum Gasteiger partial charge on any atom is 0.255 e. The molecular formula is C18H16N4O4S. The van der Waals surface area contributed by atoms with Crippen LogP contribution in [0.1, 0.15) is 17.3 Å². The highest BCUT2D eigenvalue weighted by molar-refractivity contribution is 7.94. The Morgan fingerprint density at radius 2 is 1.96 bits per heavy atom. The van der Waals surface area contributed by atoms with Crippen LogP contribution in [-0.2, 0) is 14.8 Å². The number of amides is 2. The van der Waals surface area contributed by atoms with Crippen molar-refractivity contribution in [1.29, 1.82) is 0 Å². The molecule has 2 aromatic carbocycles. The van der Waals surface area contributed by atoms with Gasteiger partial charge in [-0.3, -0.25) is 14.7 Å². The first-order chi connectivity index (χ1) is 12.8. The largest absolute Gasteiger partial charge is 0.322 e. The van der Waals surface area contributed by atoms with Gasteiger partial charge in [-0.05, 0) is 42.5 Å². The minimum absolute atomic E-state index is 0.204. The molecule has 2 heterocycles. The van der Waals surface area contributed by atoms with E-state index < -0.39 is 21.8 Å². The molecule has 1 atom stereocenters. The number of aromatic nitrogens is 2. The van der Waals surface area contributed by atoms with E-state index in [0.717, 1.165) is 15.2 Å². The second-order valence-electron chi connectivity index (χ2n) is 6.46. The van der Waals surface area contributed by atoms with Gasteiger partial charge in [0.1, 0.15) is 0 Å². The zero-order valence-corrected chi connectivity index (χ0v) is 15.2. The topological polar surface area (TPSA) is 112 Å². The molecule has 2 amide bonds. The molecule has 9 heteroatoms. The number of sulfonamides is 1. The van der Waals surface area contributed by atoms with Gasteiger partial charge in [-0.15, -0.1) is 0 Å². The number of nitrogens with one attached hydrogen (secondary N) is 2. The van der Waals surface area contributed by atoms with Crippen molar-refractivity contribution in [3.63, 3.8) is 0 Å². The summed E-state index contributed by atoms with van der Waals surface area (Å²) >= 11 is 0. The number of benzene rings is 2. The lowest BCUT2D eigenvalue weighted by Gasteiger charge is -2.15. The van der Waals surface area contributed by atoms with Crippen LogP contribution < -0.4 is 9.62 Å². The van der Waals surface area contributed by atoms with Crippen LogP contribution in [-0.4, -0.2) is 36.2 Å². The summed E-state index contributed by atoms with van der Waals surface area (Å²) in [7, 11) is -3.66. The number of hydrogen-bond acceptors (Lipinski definition) is 5. The molecule has 1 saturated heterocycles. The molecule has 27 heavy (non-hydrogen) atoms. The van der Waals surface area contributed by atoms with Crippen molar-refractivity contribution < 1.29 is 18.0 Å². The molecule has 8 nitrogen and oxygen atoms in total. The zero-order chi connectivity index (χ0) is 19.2. The first-order valence-electron chi connectivity index (χ1n) is 8.26. The van der Waals surface area contributed by atoms with Crippen LogP contribution in [0, 0.1) is 5.92 Å². The Bertz CT molecular complexity index is 1150. The van der Waals surface area contributed by atoms with E-state index >= 15 is 0 Å². The fraction of sp³-hybridized carbons (Fsp3) is 0.167. The van der Waals surface area contributed by atoms with Gasteiger partial charge in [0.15, 0.2) is 0 Å². The third-order valence-corrected chi connectivity index (χ3v) is 6.29. The predicted octanol–water partition coefficient (Wildman–Crippen LogP) is 2.13. The number of aromatic amines is 1. The number of anilines is 2. The second kappa shape index (κ2) is 6.20. The Kier molecular flexibility index (Phi) is 3.96. The number of nitrogens with zero attached hydrogens (tertiary/aromatic N) is 2. The molecule has 3 aromatic rings. The van der Waals surface area contributed by atoms with E-state index in [1.807, 2.05) is 6.07 Å². The average molecular weight is 384 g/mol. The van der Waals surface area contributed by atoms with Gasteiger partial charge in [-0.2, -0.15) is 5.10 Å². The number of carbonyl (C=O) groups is 2. The normalized spacial score (nSPS) is 18.8. The number of H-pyrrole nitrogens is 1. The van der Waals surface area contributed by atoms with Gasteiger partial charge < -0.3 is 5.32 Å². The molecule has 0 spiro atoms. The highest BCUT2D eigenvalue weighted by atomic mass is 32.2. The molecular weight excluding hydrogens is 368 g/mol. The molecule has 0 aliphatic carbocycles. The molecule has 4 rings (SSSR count). The fourth-order valence-electron chi connectivity index (χ4n) is 3.05. The molecule has 0 saturated carbocycles. The van der Waals surface area contributed by atoms with E-state index in [4.69, 9.17) is 0 Å². The second-order valence-corrected chi connectivity index (χ2v) is 8.32. The minimum Gasteiger partial charge on any atom is -0.322 e. The lowest BCUT2D eigenvalue weighted by Crippen LogP contribution is -2.30. The fourth-order valence-corrected chi connectivity index (χ4v) is 4.87. The van der Waals surface area contributed by atoms with Gasteiger partial charge in [0.2, 0.25) is 15.9 Å². The SMILES string of the molecule is C[C@@H]1CS(=O)(=O)N(c2ccc(C(=O)Nc3ccc4cn[nH]c4c3)cc2)C1=O. The molecule has 138 valence electrons. The summed E-state index contributed by atoms with van der Waals surface area (Å²) in [5, 5.41) is 10.5. The van der Waals surface area contributed by atoms with Crippen molar-refractivity contribution in [2.24, 2.45) is 5.92 Å². The van der Waals surface area contributed by atoms with Gasteiger partial charge >= 0.3 is 0 Å². The number of carbonyl (C=O) groups excluding carboxylic acids is 2. The van der Waals surface area contributed by atoms with Gasteiger partial charge in [0.25, 0.3) is 5.91 Å². The Balaban J connectivity index is 1.55. The van der Waals surface area contributed by atoms with Crippen LogP contribution in [0.2, 0.25) is 0 Å². The van der Waals surface area contributed by atoms with E-state index in [1.165, 1.54) is 24.3 Å². The number of rotatable bonds is 3. The smallest absolute Gasteiger partial charge is 0.255 e. The van der Waals surface area contributed by atoms with Crippen molar-refractivity contribution >= 4 is 44.1 Å². The van der Waals surface area contributed by atoms with Crippen molar-refractivity contribution in [3.05, 3.63) is 54.2 Å². The van der Waals surface area contributed by atoms with Crippen molar-refractivity contribution in [2.45, 2.75) is 6.92 Å².